The summed E-state index contributed by atoms with van der Waals surface area (Å²) in [7, 11) is 0. The lowest BCUT2D eigenvalue weighted by Gasteiger charge is -2.32. The first kappa shape index (κ1) is 28.4. The zero-order valence-corrected chi connectivity index (χ0v) is 23.3. The smallest absolute Gasteiger partial charge is 0.243 e. The molecule has 2 amide bonds. The number of rotatable bonds is 11. The molecule has 36 heavy (non-hydrogen) atoms. The van der Waals surface area contributed by atoms with E-state index in [9.17, 15) is 9.59 Å². The fourth-order valence-electron chi connectivity index (χ4n) is 3.72. The Balaban J connectivity index is 1.88. The number of thioether (sulfide) groups is 1. The highest BCUT2D eigenvalue weighted by atomic mass is 35.5. The second kappa shape index (κ2) is 13.9. The summed E-state index contributed by atoms with van der Waals surface area (Å²) in [5.74, 6) is 0.455. The van der Waals surface area contributed by atoms with E-state index in [2.05, 4.69) is 5.32 Å². The predicted octanol–water partition coefficient (Wildman–Crippen LogP) is 7.04. The first-order valence-corrected chi connectivity index (χ1v) is 13.9. The average Bonchev–Trinajstić information content (AvgIpc) is 2.84. The summed E-state index contributed by atoms with van der Waals surface area (Å²) in [4.78, 5) is 28.7. The van der Waals surface area contributed by atoms with Gasteiger partial charge >= 0.3 is 0 Å². The lowest BCUT2D eigenvalue weighted by molar-refractivity contribution is -0.139. The molecule has 1 unspecified atom stereocenters. The van der Waals surface area contributed by atoms with E-state index in [0.29, 0.717) is 27.2 Å². The van der Waals surface area contributed by atoms with Crippen molar-refractivity contribution in [3.63, 3.8) is 0 Å². The third-order valence-corrected chi connectivity index (χ3v) is 7.55. The highest BCUT2D eigenvalue weighted by Gasteiger charge is 2.30. The molecule has 0 bridgehead atoms. The zero-order valence-electron chi connectivity index (χ0n) is 20.2. The molecule has 0 fully saturated rings. The Kier molecular flexibility index (Phi) is 11.0. The van der Waals surface area contributed by atoms with Gasteiger partial charge in [0.25, 0.3) is 0 Å². The van der Waals surface area contributed by atoms with Gasteiger partial charge in [0.05, 0.1) is 15.8 Å². The molecule has 8 heteroatoms. The van der Waals surface area contributed by atoms with Crippen molar-refractivity contribution in [2.45, 2.75) is 44.6 Å². The minimum Gasteiger partial charge on any atom is -0.352 e. The molecule has 0 heterocycles. The number of hydrogen-bond acceptors (Lipinski definition) is 3. The maximum absolute atomic E-state index is 13.6. The minimum atomic E-state index is -0.697. The van der Waals surface area contributed by atoms with Gasteiger partial charge in [0.1, 0.15) is 6.04 Å². The van der Waals surface area contributed by atoms with E-state index in [-0.39, 0.29) is 30.2 Å². The predicted molar refractivity (Wildman–Crippen MR) is 152 cm³/mol. The number of halogens is 3. The molecule has 0 aliphatic rings. The van der Waals surface area contributed by atoms with E-state index in [1.807, 2.05) is 74.5 Å². The summed E-state index contributed by atoms with van der Waals surface area (Å²) in [5.41, 5.74) is 2.73. The molecular formula is C28H29Cl3N2O2S. The highest BCUT2D eigenvalue weighted by Crippen LogP contribution is 2.25. The maximum Gasteiger partial charge on any atom is 0.243 e. The van der Waals surface area contributed by atoms with E-state index >= 15 is 0 Å². The summed E-state index contributed by atoms with van der Waals surface area (Å²) >= 11 is 20.1. The fourth-order valence-corrected chi connectivity index (χ4v) is 5.23. The van der Waals surface area contributed by atoms with Crippen LogP contribution < -0.4 is 5.32 Å². The monoisotopic (exact) mass is 562 g/mol. The van der Waals surface area contributed by atoms with Crippen molar-refractivity contribution in [1.29, 1.82) is 0 Å². The number of hydrogen-bond donors (Lipinski definition) is 1. The molecule has 1 N–H and O–H groups in total. The van der Waals surface area contributed by atoms with E-state index in [0.717, 1.165) is 16.7 Å². The molecule has 3 aromatic carbocycles. The Hall–Kier alpha value is -2.18. The maximum atomic E-state index is 13.6. The standard InChI is InChI=1S/C28H29Cl3N2O2S/c1-19(2)32-28(35)26(15-20-8-4-3-5-9-20)33(16-21-12-13-24(30)25(31)14-21)27(34)18-36-17-22-10-6-7-11-23(22)29/h3-14,19,26H,15-18H2,1-2H3,(H,32,35). The van der Waals surface area contributed by atoms with E-state index < -0.39 is 6.04 Å². The number of carbonyl (C=O) groups is 2. The lowest BCUT2D eigenvalue weighted by atomic mass is 10.0. The highest BCUT2D eigenvalue weighted by molar-refractivity contribution is 7.99. The van der Waals surface area contributed by atoms with Crippen LogP contribution in [-0.4, -0.2) is 34.6 Å². The molecule has 3 aromatic rings. The van der Waals surface area contributed by atoms with Gasteiger partial charge < -0.3 is 10.2 Å². The molecule has 1 atom stereocenters. The SMILES string of the molecule is CC(C)NC(=O)C(Cc1ccccc1)N(Cc1ccc(Cl)c(Cl)c1)C(=O)CSCc1ccccc1Cl. The van der Waals surface area contributed by atoms with Gasteiger partial charge in [0.2, 0.25) is 11.8 Å². The van der Waals surface area contributed by atoms with Crippen molar-refractivity contribution < 1.29 is 9.59 Å². The average molecular weight is 564 g/mol. The van der Waals surface area contributed by atoms with Crippen LogP contribution in [0.3, 0.4) is 0 Å². The van der Waals surface area contributed by atoms with Gasteiger partial charge in [-0.3, -0.25) is 9.59 Å². The first-order valence-electron chi connectivity index (χ1n) is 11.6. The molecule has 0 aromatic heterocycles. The summed E-state index contributed by atoms with van der Waals surface area (Å²) in [6, 6.07) is 21.8. The van der Waals surface area contributed by atoms with Gasteiger partial charge in [-0.25, -0.2) is 0 Å². The van der Waals surface area contributed by atoms with Gasteiger partial charge in [-0.05, 0) is 48.7 Å². The molecule has 0 saturated carbocycles. The van der Waals surface area contributed by atoms with Crippen molar-refractivity contribution in [2.75, 3.05) is 5.75 Å². The van der Waals surface area contributed by atoms with Crippen molar-refractivity contribution in [2.24, 2.45) is 0 Å². The van der Waals surface area contributed by atoms with Crippen molar-refractivity contribution in [1.82, 2.24) is 10.2 Å². The summed E-state index contributed by atoms with van der Waals surface area (Å²) in [6.07, 6.45) is 0.391. The van der Waals surface area contributed by atoms with Crippen LogP contribution in [0.15, 0.2) is 72.8 Å². The normalized spacial score (nSPS) is 11.8. The van der Waals surface area contributed by atoms with Crippen LogP contribution in [0.4, 0.5) is 0 Å². The van der Waals surface area contributed by atoms with Crippen molar-refractivity contribution in [3.8, 4) is 0 Å². The third-order valence-electron chi connectivity index (χ3n) is 5.48. The zero-order chi connectivity index (χ0) is 26.1. The van der Waals surface area contributed by atoms with Crippen LogP contribution in [0, 0.1) is 0 Å². The first-order chi connectivity index (χ1) is 17.2. The molecule has 0 aliphatic carbocycles. The van der Waals surface area contributed by atoms with E-state index in [1.165, 1.54) is 11.8 Å². The van der Waals surface area contributed by atoms with Gasteiger partial charge in [0.15, 0.2) is 0 Å². The summed E-state index contributed by atoms with van der Waals surface area (Å²) in [5, 5.41) is 4.50. The molecular weight excluding hydrogens is 535 g/mol. The Labute approximate surface area is 232 Å². The lowest BCUT2D eigenvalue weighted by Crippen LogP contribution is -2.52. The molecule has 4 nitrogen and oxygen atoms in total. The molecule has 0 radical (unpaired) electrons. The molecule has 0 saturated heterocycles. The topological polar surface area (TPSA) is 49.4 Å². The Bertz CT molecular complexity index is 1170. The number of amides is 2. The third kappa shape index (κ3) is 8.45. The Morgan fingerprint density at radius 3 is 2.22 bits per heavy atom. The molecule has 190 valence electrons. The van der Waals surface area contributed by atoms with Crippen LogP contribution >= 0.6 is 46.6 Å². The number of nitrogens with zero attached hydrogens (tertiary/aromatic N) is 1. The van der Waals surface area contributed by atoms with Gasteiger partial charge in [-0.15, -0.1) is 11.8 Å². The van der Waals surface area contributed by atoms with E-state index in [1.54, 1.807) is 17.0 Å². The second-order valence-corrected chi connectivity index (χ2v) is 10.9. The van der Waals surface area contributed by atoms with Crippen LogP contribution in [-0.2, 0) is 28.3 Å². The van der Waals surface area contributed by atoms with E-state index in [4.69, 9.17) is 34.8 Å². The molecule has 0 spiro atoms. The fraction of sp³-hybridized carbons (Fsp3) is 0.286. The van der Waals surface area contributed by atoms with Gasteiger partial charge in [0, 0.05) is 29.8 Å². The summed E-state index contributed by atoms with van der Waals surface area (Å²) < 4.78 is 0. The largest absolute Gasteiger partial charge is 0.352 e. The van der Waals surface area contributed by atoms with Gasteiger partial charge in [-0.2, -0.15) is 0 Å². The van der Waals surface area contributed by atoms with Crippen molar-refractivity contribution >= 4 is 58.4 Å². The number of carbonyl (C=O) groups excluding carboxylic acids is 2. The number of nitrogens with one attached hydrogen (secondary N) is 1. The quantitative estimate of drug-likeness (QED) is 0.272. The van der Waals surface area contributed by atoms with Crippen LogP contribution in [0.5, 0.6) is 0 Å². The molecule has 3 rings (SSSR count). The Morgan fingerprint density at radius 1 is 0.861 bits per heavy atom. The van der Waals surface area contributed by atoms with Gasteiger partial charge in [-0.1, -0.05) is 89.4 Å². The van der Waals surface area contributed by atoms with Crippen LogP contribution in [0.1, 0.15) is 30.5 Å². The second-order valence-electron chi connectivity index (χ2n) is 8.72. The van der Waals surface area contributed by atoms with Crippen LogP contribution in [0.25, 0.3) is 0 Å². The Morgan fingerprint density at radius 2 is 1.56 bits per heavy atom. The molecule has 0 aliphatic heterocycles. The number of benzene rings is 3. The minimum absolute atomic E-state index is 0.0627. The van der Waals surface area contributed by atoms with Crippen molar-refractivity contribution in [3.05, 3.63) is 105 Å². The van der Waals surface area contributed by atoms with Crippen LogP contribution in [0.2, 0.25) is 15.1 Å². The summed E-state index contributed by atoms with van der Waals surface area (Å²) in [6.45, 7) is 4.04.